The van der Waals surface area contributed by atoms with E-state index in [4.69, 9.17) is 36.7 Å². The van der Waals surface area contributed by atoms with Crippen molar-refractivity contribution >= 4 is 46.9 Å². The number of epoxide rings is 1. The van der Waals surface area contributed by atoms with E-state index in [2.05, 4.69) is 5.32 Å². The minimum atomic E-state index is -1.39. The van der Waals surface area contributed by atoms with Crippen LogP contribution in [0.5, 0.6) is 5.75 Å². The Balaban J connectivity index is 0.000000306. The second-order valence-electron chi connectivity index (χ2n) is 13.3. The van der Waals surface area contributed by atoms with Gasteiger partial charge < -0.3 is 40.0 Å². The Hall–Kier alpha value is -4.59. The number of carboxylic acid groups (broad SMARTS) is 1. The molecule has 6 atom stereocenters. The van der Waals surface area contributed by atoms with Gasteiger partial charge in [-0.3, -0.25) is 14.9 Å². The quantitative estimate of drug-likeness (QED) is 0.249. The van der Waals surface area contributed by atoms with Crippen LogP contribution in [0.4, 0.5) is 16.2 Å². The molecule has 2 saturated heterocycles. The number of nitrogens with zero attached hydrogens (tertiary/aromatic N) is 2. The first kappa shape index (κ1) is 39.2. The van der Waals surface area contributed by atoms with Gasteiger partial charge in [0.05, 0.1) is 25.0 Å². The zero-order valence-corrected chi connectivity index (χ0v) is 30.5. The molecule has 3 unspecified atom stereocenters. The lowest BCUT2D eigenvalue weighted by atomic mass is 9.89. The largest absolute Gasteiger partial charge is 0.495 e. The van der Waals surface area contributed by atoms with Crippen LogP contribution in [0.25, 0.3) is 0 Å². The standard InChI is InChI=1S/C26H33ClN2O6.C11H14N2O3/c1-15-7-5-6-10-26(32)14-21(35-25(31)28-26)16(2)24-19(34-24)8-9-22(30)29(3)18-12-17(11-15)13-20(33-4)23(18)27;1-7(11(15)16)13(2)10(14)8-4-3-5-9(12)6-8/h5-7,12-13,16,19,21,24,32H,8-11,14H2,1-4H3,(H,28,31);3-7H,12H2,1-2H3,(H,15,16)/b6-5+,15-7+;/t16-,19?,21?,24?,26-;7-/m10/s1. The second kappa shape index (κ2) is 16.6. The fourth-order valence-corrected chi connectivity index (χ4v) is 6.38. The number of nitrogens with two attached hydrogens (primary N) is 1. The number of methoxy groups -OCH3 is 1. The van der Waals surface area contributed by atoms with E-state index in [9.17, 15) is 24.3 Å². The Labute approximate surface area is 303 Å². The van der Waals surface area contributed by atoms with Gasteiger partial charge in [-0.2, -0.15) is 0 Å². The average Bonchev–Trinajstić information content (AvgIpc) is 3.87. The van der Waals surface area contributed by atoms with Crippen molar-refractivity contribution in [3.63, 3.8) is 0 Å². The number of nitrogens with one attached hydrogen (secondary N) is 1. The van der Waals surface area contributed by atoms with Crippen molar-refractivity contribution in [2.75, 3.05) is 31.8 Å². The number of alkyl carbamates (subject to hydrolysis) is 1. The maximum atomic E-state index is 13.0. The minimum absolute atomic E-state index is 0.0798. The fourth-order valence-electron chi connectivity index (χ4n) is 6.07. The predicted molar refractivity (Wildman–Crippen MR) is 193 cm³/mol. The summed E-state index contributed by atoms with van der Waals surface area (Å²) >= 11 is 6.56. The first-order valence-electron chi connectivity index (χ1n) is 16.7. The summed E-state index contributed by atoms with van der Waals surface area (Å²) in [6.45, 7) is 5.40. The number of nitrogen functional groups attached to an aromatic ring is 1. The van der Waals surface area contributed by atoms with Gasteiger partial charge in [0.2, 0.25) is 5.91 Å². The zero-order chi connectivity index (χ0) is 37.6. The molecule has 2 aromatic rings. The number of hydrogen-bond acceptors (Lipinski definition) is 9. The van der Waals surface area contributed by atoms with E-state index in [1.54, 1.807) is 37.3 Å². The molecule has 0 radical (unpaired) electrons. The highest BCUT2D eigenvalue weighted by molar-refractivity contribution is 6.35. The molecular weight excluding hydrogens is 680 g/mol. The Morgan fingerprint density at radius 2 is 1.94 bits per heavy atom. The normalized spacial score (nSPS) is 27.1. The lowest BCUT2D eigenvalue weighted by molar-refractivity contribution is -0.141. The Morgan fingerprint density at radius 1 is 1.22 bits per heavy atom. The summed E-state index contributed by atoms with van der Waals surface area (Å²) in [5, 5.41) is 22.8. The van der Waals surface area contributed by atoms with E-state index in [1.807, 2.05) is 44.2 Å². The molecule has 51 heavy (non-hydrogen) atoms. The van der Waals surface area contributed by atoms with E-state index in [1.165, 1.54) is 20.0 Å². The molecule has 2 fully saturated rings. The molecule has 14 heteroatoms. The highest BCUT2D eigenvalue weighted by Crippen LogP contribution is 2.40. The fraction of sp³-hybridized carbons (Fsp3) is 0.459. The van der Waals surface area contributed by atoms with Crippen LogP contribution in [0.3, 0.4) is 0 Å². The highest BCUT2D eigenvalue weighted by atomic mass is 35.5. The third-order valence-corrected chi connectivity index (χ3v) is 9.76. The van der Waals surface area contributed by atoms with Crippen LogP contribution in [-0.4, -0.2) is 90.3 Å². The SMILES string of the molecule is COc1cc2cc(c1Cl)N(C)C(=O)CCC1OC1[C@H](C)C1C[C@](O)(C/C=C/C=C(\C)C2)NC(=O)O1.C[C@@H](C(=O)O)N(C)C(=O)c1cccc(N)c1. The topological polar surface area (TPSA) is 184 Å². The third-order valence-electron chi connectivity index (χ3n) is 9.38. The number of fused-ring (bicyclic) bond motifs is 5. The Kier molecular flexibility index (Phi) is 12.8. The van der Waals surface area contributed by atoms with E-state index in [-0.39, 0.29) is 49.2 Å². The van der Waals surface area contributed by atoms with Gasteiger partial charge in [0, 0.05) is 50.5 Å². The van der Waals surface area contributed by atoms with Crippen molar-refractivity contribution in [2.45, 2.75) is 83.0 Å². The number of aliphatic carboxylic acids is 1. The van der Waals surface area contributed by atoms with Gasteiger partial charge in [0.25, 0.3) is 5.91 Å². The van der Waals surface area contributed by atoms with Gasteiger partial charge in [0.1, 0.15) is 28.6 Å². The van der Waals surface area contributed by atoms with Gasteiger partial charge in [-0.25, -0.2) is 9.59 Å². The number of carboxylic acids is 1. The molecule has 4 bridgehead atoms. The van der Waals surface area contributed by atoms with Crippen LogP contribution < -0.4 is 20.7 Å². The predicted octanol–water partition coefficient (Wildman–Crippen LogP) is 4.94. The van der Waals surface area contributed by atoms with E-state index < -0.39 is 29.9 Å². The van der Waals surface area contributed by atoms with Crippen LogP contribution in [0, 0.1) is 5.92 Å². The smallest absolute Gasteiger partial charge is 0.409 e. The van der Waals surface area contributed by atoms with Gasteiger partial charge in [-0.1, -0.05) is 48.4 Å². The van der Waals surface area contributed by atoms with Crippen LogP contribution >= 0.6 is 11.6 Å². The number of amides is 3. The maximum Gasteiger partial charge on any atom is 0.409 e. The number of carbonyl (C=O) groups excluding carboxylic acids is 3. The van der Waals surface area contributed by atoms with Crippen LogP contribution in [0.1, 0.15) is 62.4 Å². The average molecular weight is 727 g/mol. The first-order chi connectivity index (χ1) is 24.0. The molecule has 0 aromatic heterocycles. The summed E-state index contributed by atoms with van der Waals surface area (Å²) in [6, 6.07) is 9.36. The molecule has 3 aliphatic rings. The summed E-state index contributed by atoms with van der Waals surface area (Å²) in [5.41, 5.74) is 7.63. The number of hydrogen-bond donors (Lipinski definition) is 4. The summed E-state index contributed by atoms with van der Waals surface area (Å²) in [4.78, 5) is 50.5. The van der Waals surface area contributed by atoms with Crippen molar-refractivity contribution in [1.82, 2.24) is 10.2 Å². The number of halogens is 1. The number of allylic oxidation sites excluding steroid dienone is 3. The second-order valence-corrected chi connectivity index (χ2v) is 13.7. The Morgan fingerprint density at radius 3 is 2.61 bits per heavy atom. The van der Waals surface area contributed by atoms with Crippen LogP contribution in [-0.2, 0) is 25.5 Å². The number of carbonyl (C=O) groups is 4. The summed E-state index contributed by atoms with van der Waals surface area (Å²) in [7, 11) is 4.72. The number of aliphatic hydroxyl groups is 1. The number of anilines is 2. The molecule has 13 nitrogen and oxygen atoms in total. The van der Waals surface area contributed by atoms with Crippen molar-refractivity contribution in [3.05, 3.63) is 76.3 Å². The molecular formula is C37H47ClN4O9. The molecule has 5 N–H and O–H groups in total. The monoisotopic (exact) mass is 726 g/mol. The molecule has 3 amide bonds. The molecule has 2 aromatic carbocycles. The van der Waals surface area contributed by atoms with E-state index in [0.29, 0.717) is 40.6 Å². The number of likely N-dealkylation sites (N-methyl/N-ethyl adjacent to an activating group) is 1. The third kappa shape index (κ3) is 10.0. The van der Waals surface area contributed by atoms with Gasteiger partial charge in [-0.05, 0) is 62.6 Å². The van der Waals surface area contributed by atoms with Crippen molar-refractivity contribution in [1.29, 1.82) is 0 Å². The minimum Gasteiger partial charge on any atom is -0.495 e. The molecule has 276 valence electrons. The van der Waals surface area contributed by atoms with Crippen molar-refractivity contribution in [2.24, 2.45) is 5.92 Å². The Bertz CT molecular complexity index is 1700. The van der Waals surface area contributed by atoms with Gasteiger partial charge in [0.15, 0.2) is 0 Å². The van der Waals surface area contributed by atoms with Crippen LogP contribution in [0.15, 0.2) is 60.2 Å². The lowest BCUT2D eigenvalue weighted by Gasteiger charge is -2.38. The van der Waals surface area contributed by atoms with Crippen molar-refractivity contribution < 1.29 is 43.6 Å². The molecule has 0 aliphatic carbocycles. The summed E-state index contributed by atoms with van der Waals surface area (Å²) in [6.07, 6.45) is 6.25. The number of ether oxygens (including phenoxy) is 3. The summed E-state index contributed by atoms with van der Waals surface area (Å²) in [5.74, 6) is -1.09. The number of rotatable bonds is 4. The van der Waals surface area contributed by atoms with Gasteiger partial charge in [-0.15, -0.1) is 0 Å². The molecule has 5 rings (SSSR count). The van der Waals surface area contributed by atoms with E-state index in [0.717, 1.165) is 16.0 Å². The maximum absolute atomic E-state index is 13.0. The highest BCUT2D eigenvalue weighted by Gasteiger charge is 2.50. The lowest BCUT2D eigenvalue weighted by Crippen LogP contribution is -2.57. The first-order valence-corrected chi connectivity index (χ1v) is 17.1. The zero-order valence-electron chi connectivity index (χ0n) is 29.7. The molecule has 0 spiro atoms. The van der Waals surface area contributed by atoms with Crippen LogP contribution in [0.2, 0.25) is 5.02 Å². The molecule has 3 heterocycles. The molecule has 3 aliphatic heterocycles. The summed E-state index contributed by atoms with van der Waals surface area (Å²) < 4.78 is 16.8. The van der Waals surface area contributed by atoms with Crippen molar-refractivity contribution in [3.8, 4) is 5.75 Å². The molecule has 0 saturated carbocycles. The van der Waals surface area contributed by atoms with Gasteiger partial charge >= 0.3 is 12.1 Å². The van der Waals surface area contributed by atoms with E-state index >= 15 is 0 Å². The number of benzene rings is 2.